The van der Waals surface area contributed by atoms with Gasteiger partial charge in [0.05, 0.1) is 11.4 Å². The first-order valence-electron chi connectivity index (χ1n) is 6.62. The molecule has 4 heteroatoms. The topological polar surface area (TPSA) is 45.8 Å². The molecule has 0 saturated heterocycles. The van der Waals surface area contributed by atoms with E-state index in [2.05, 4.69) is 22.1 Å². The summed E-state index contributed by atoms with van der Waals surface area (Å²) < 4.78 is 0. The standard InChI is InChI=1S/C15H16N2OS/c18-15-12-8-4-5-9-13(12)16-14(17-15)10-19-11-6-2-1-3-7-11/h1-3,6-7H,4-5,8-10H2,(H,16,17,18). The van der Waals surface area contributed by atoms with Crippen molar-refractivity contribution in [3.63, 3.8) is 0 Å². The third kappa shape index (κ3) is 2.89. The number of hydrogen-bond donors (Lipinski definition) is 1. The van der Waals surface area contributed by atoms with Gasteiger partial charge in [-0.2, -0.15) is 0 Å². The number of aromatic amines is 1. The molecule has 1 aliphatic rings. The summed E-state index contributed by atoms with van der Waals surface area (Å²) in [6, 6.07) is 10.2. The summed E-state index contributed by atoms with van der Waals surface area (Å²) in [7, 11) is 0. The zero-order chi connectivity index (χ0) is 13.1. The molecule has 0 saturated carbocycles. The lowest BCUT2D eigenvalue weighted by molar-refractivity contribution is 0.651. The summed E-state index contributed by atoms with van der Waals surface area (Å²) in [5.74, 6) is 1.51. The lowest BCUT2D eigenvalue weighted by Crippen LogP contribution is -2.22. The van der Waals surface area contributed by atoms with Crippen molar-refractivity contribution in [1.82, 2.24) is 9.97 Å². The van der Waals surface area contributed by atoms with E-state index in [1.54, 1.807) is 11.8 Å². The van der Waals surface area contributed by atoms with Gasteiger partial charge in [0.25, 0.3) is 5.56 Å². The van der Waals surface area contributed by atoms with Gasteiger partial charge in [-0.1, -0.05) is 18.2 Å². The molecule has 1 aliphatic carbocycles. The predicted octanol–water partition coefficient (Wildman–Crippen LogP) is 2.94. The highest BCUT2D eigenvalue weighted by Crippen LogP contribution is 2.21. The number of fused-ring (bicyclic) bond motifs is 1. The van der Waals surface area contributed by atoms with Gasteiger partial charge < -0.3 is 4.98 Å². The van der Waals surface area contributed by atoms with E-state index in [4.69, 9.17) is 0 Å². The van der Waals surface area contributed by atoms with Crippen molar-refractivity contribution in [3.8, 4) is 0 Å². The molecule has 0 amide bonds. The van der Waals surface area contributed by atoms with Crippen LogP contribution in [-0.2, 0) is 18.6 Å². The van der Waals surface area contributed by atoms with Gasteiger partial charge in [0.15, 0.2) is 0 Å². The van der Waals surface area contributed by atoms with E-state index in [1.165, 1.54) is 4.90 Å². The number of thioether (sulfide) groups is 1. The average molecular weight is 272 g/mol. The van der Waals surface area contributed by atoms with Gasteiger partial charge in [-0.3, -0.25) is 4.79 Å². The third-order valence-electron chi connectivity index (χ3n) is 3.36. The number of nitrogens with one attached hydrogen (secondary N) is 1. The second-order valence-electron chi connectivity index (χ2n) is 4.75. The minimum atomic E-state index is 0.0633. The van der Waals surface area contributed by atoms with Crippen molar-refractivity contribution in [3.05, 3.63) is 57.8 Å². The smallest absolute Gasteiger partial charge is 0.254 e. The molecule has 19 heavy (non-hydrogen) atoms. The van der Waals surface area contributed by atoms with Crippen LogP contribution < -0.4 is 5.56 Å². The van der Waals surface area contributed by atoms with Crippen molar-refractivity contribution in [1.29, 1.82) is 0 Å². The van der Waals surface area contributed by atoms with Crippen molar-refractivity contribution >= 4 is 11.8 Å². The van der Waals surface area contributed by atoms with Gasteiger partial charge in [-0.15, -0.1) is 11.8 Å². The van der Waals surface area contributed by atoms with Crippen LogP contribution in [0, 0.1) is 0 Å². The summed E-state index contributed by atoms with van der Waals surface area (Å²) >= 11 is 1.70. The van der Waals surface area contributed by atoms with Gasteiger partial charge in [0, 0.05) is 10.5 Å². The lowest BCUT2D eigenvalue weighted by Gasteiger charge is -2.14. The maximum absolute atomic E-state index is 12.0. The number of nitrogens with zero attached hydrogens (tertiary/aromatic N) is 1. The highest BCUT2D eigenvalue weighted by atomic mass is 32.2. The van der Waals surface area contributed by atoms with Crippen LogP contribution in [0.1, 0.15) is 29.9 Å². The lowest BCUT2D eigenvalue weighted by atomic mass is 9.97. The van der Waals surface area contributed by atoms with Crippen molar-refractivity contribution < 1.29 is 0 Å². The first-order chi connectivity index (χ1) is 9.33. The number of aryl methyl sites for hydroxylation is 1. The predicted molar refractivity (Wildman–Crippen MR) is 77.5 cm³/mol. The van der Waals surface area contributed by atoms with E-state index >= 15 is 0 Å². The van der Waals surface area contributed by atoms with Crippen molar-refractivity contribution in [2.45, 2.75) is 36.3 Å². The Bertz CT molecular complexity index is 622. The molecule has 2 aromatic rings. The molecule has 3 nitrogen and oxygen atoms in total. The molecule has 0 unspecified atom stereocenters. The quantitative estimate of drug-likeness (QED) is 0.874. The van der Waals surface area contributed by atoms with Gasteiger partial charge in [0.1, 0.15) is 5.82 Å². The van der Waals surface area contributed by atoms with Gasteiger partial charge in [-0.25, -0.2) is 4.98 Å². The summed E-state index contributed by atoms with van der Waals surface area (Å²) in [5.41, 5.74) is 1.98. The fraction of sp³-hybridized carbons (Fsp3) is 0.333. The van der Waals surface area contributed by atoms with Crippen LogP contribution >= 0.6 is 11.8 Å². The fourth-order valence-corrected chi connectivity index (χ4v) is 3.18. The molecule has 0 spiro atoms. The molecule has 0 aliphatic heterocycles. The van der Waals surface area contributed by atoms with Crippen LogP contribution in [0.4, 0.5) is 0 Å². The molecule has 1 heterocycles. The first-order valence-corrected chi connectivity index (χ1v) is 7.60. The van der Waals surface area contributed by atoms with Crippen LogP contribution in [0.5, 0.6) is 0 Å². The van der Waals surface area contributed by atoms with Crippen LogP contribution in [0.25, 0.3) is 0 Å². The number of hydrogen-bond acceptors (Lipinski definition) is 3. The third-order valence-corrected chi connectivity index (χ3v) is 4.38. The van der Waals surface area contributed by atoms with Crippen LogP contribution in [0.3, 0.4) is 0 Å². The maximum Gasteiger partial charge on any atom is 0.254 e. The highest BCUT2D eigenvalue weighted by Gasteiger charge is 2.15. The largest absolute Gasteiger partial charge is 0.310 e. The molecule has 1 N–H and O–H groups in total. The molecule has 0 atom stereocenters. The molecule has 0 fully saturated rings. The van der Waals surface area contributed by atoms with E-state index in [9.17, 15) is 4.79 Å². The molecule has 1 aromatic carbocycles. The molecule has 1 aromatic heterocycles. The molecule has 0 bridgehead atoms. The molecule has 3 rings (SSSR count). The SMILES string of the molecule is O=c1[nH]c(CSc2ccccc2)nc2c1CCCC2. The van der Waals surface area contributed by atoms with Crippen molar-refractivity contribution in [2.75, 3.05) is 0 Å². The summed E-state index contributed by atoms with van der Waals surface area (Å²) in [5, 5.41) is 0. The van der Waals surface area contributed by atoms with Crippen molar-refractivity contribution in [2.24, 2.45) is 0 Å². The Morgan fingerprint density at radius 3 is 2.79 bits per heavy atom. The Labute approximate surface area is 116 Å². The maximum atomic E-state index is 12.0. The number of H-pyrrole nitrogens is 1. The minimum Gasteiger partial charge on any atom is -0.310 e. The fourth-order valence-electron chi connectivity index (χ4n) is 2.39. The van der Waals surface area contributed by atoms with E-state index in [0.29, 0.717) is 5.75 Å². The van der Waals surface area contributed by atoms with E-state index < -0.39 is 0 Å². The number of benzene rings is 1. The van der Waals surface area contributed by atoms with E-state index in [-0.39, 0.29) is 5.56 Å². The summed E-state index contributed by atoms with van der Waals surface area (Å²) in [6.07, 6.45) is 4.08. The van der Waals surface area contributed by atoms with Crippen LogP contribution in [0.2, 0.25) is 0 Å². The Kier molecular flexibility index (Phi) is 3.69. The van der Waals surface area contributed by atoms with Gasteiger partial charge in [0.2, 0.25) is 0 Å². The minimum absolute atomic E-state index is 0.0633. The Balaban J connectivity index is 1.78. The molecule has 98 valence electrons. The first kappa shape index (κ1) is 12.5. The van der Waals surface area contributed by atoms with Crippen LogP contribution in [0.15, 0.2) is 40.0 Å². The number of aromatic nitrogens is 2. The Morgan fingerprint density at radius 1 is 1.16 bits per heavy atom. The molecular weight excluding hydrogens is 256 g/mol. The second-order valence-corrected chi connectivity index (χ2v) is 5.80. The molecule has 0 radical (unpaired) electrons. The normalized spacial score (nSPS) is 14.1. The summed E-state index contributed by atoms with van der Waals surface area (Å²) in [6.45, 7) is 0. The zero-order valence-electron chi connectivity index (χ0n) is 10.7. The Hall–Kier alpha value is -1.55. The summed E-state index contributed by atoms with van der Waals surface area (Å²) in [4.78, 5) is 20.7. The second kappa shape index (κ2) is 5.61. The Morgan fingerprint density at radius 2 is 1.95 bits per heavy atom. The van der Waals surface area contributed by atoms with E-state index in [0.717, 1.165) is 42.8 Å². The van der Waals surface area contributed by atoms with Gasteiger partial charge in [-0.05, 0) is 37.8 Å². The molecular formula is C15H16N2OS. The zero-order valence-corrected chi connectivity index (χ0v) is 11.5. The average Bonchev–Trinajstić information content (AvgIpc) is 2.46. The monoisotopic (exact) mass is 272 g/mol. The van der Waals surface area contributed by atoms with Gasteiger partial charge >= 0.3 is 0 Å². The number of rotatable bonds is 3. The van der Waals surface area contributed by atoms with E-state index in [1.807, 2.05) is 18.2 Å². The van der Waals surface area contributed by atoms with Crippen LogP contribution in [-0.4, -0.2) is 9.97 Å². The highest BCUT2D eigenvalue weighted by molar-refractivity contribution is 7.98.